The normalized spacial score (nSPS) is 19.1. The number of imidazole rings is 1. The zero-order valence-electron chi connectivity index (χ0n) is 18.8. The number of amides is 1. The molecule has 33 heavy (non-hydrogen) atoms. The second-order valence-corrected chi connectivity index (χ2v) is 9.00. The number of carbonyl (C=O) groups is 1. The van der Waals surface area contributed by atoms with Crippen molar-refractivity contribution in [2.45, 2.75) is 19.0 Å². The van der Waals surface area contributed by atoms with Crippen LogP contribution in [0.1, 0.15) is 47.1 Å². The number of nitrogens with one attached hydrogen (secondary N) is 2. The van der Waals surface area contributed by atoms with E-state index in [1.54, 1.807) is 19.4 Å². The van der Waals surface area contributed by atoms with E-state index in [1.807, 2.05) is 36.0 Å². The molecule has 2 N–H and O–H groups in total. The van der Waals surface area contributed by atoms with Crippen molar-refractivity contribution in [2.24, 2.45) is 7.05 Å². The molecule has 0 saturated carbocycles. The number of hydrogen-bond donors (Lipinski definition) is 2. The minimum absolute atomic E-state index is 0.00571. The van der Waals surface area contributed by atoms with Crippen LogP contribution in [0.15, 0.2) is 49.1 Å². The Kier molecular flexibility index (Phi) is 6.01. The van der Waals surface area contributed by atoms with Gasteiger partial charge in [0.15, 0.2) is 0 Å². The van der Waals surface area contributed by atoms with E-state index in [-0.39, 0.29) is 18.0 Å². The number of fused-ring (bicyclic) bond motifs is 2. The van der Waals surface area contributed by atoms with Gasteiger partial charge in [-0.3, -0.25) is 14.7 Å². The summed E-state index contributed by atoms with van der Waals surface area (Å²) >= 11 is 6.54. The Morgan fingerprint density at radius 2 is 2.09 bits per heavy atom. The van der Waals surface area contributed by atoms with E-state index in [2.05, 4.69) is 38.7 Å². The first-order chi connectivity index (χ1) is 16.0. The lowest BCUT2D eigenvalue weighted by atomic mass is 9.90. The van der Waals surface area contributed by atoms with Crippen molar-refractivity contribution in [3.8, 4) is 0 Å². The van der Waals surface area contributed by atoms with Crippen molar-refractivity contribution in [1.82, 2.24) is 30.1 Å². The van der Waals surface area contributed by atoms with Crippen LogP contribution in [-0.2, 0) is 11.8 Å². The van der Waals surface area contributed by atoms with Crippen LogP contribution >= 0.6 is 11.6 Å². The van der Waals surface area contributed by atoms with Crippen molar-refractivity contribution in [1.29, 1.82) is 0 Å². The van der Waals surface area contributed by atoms with Gasteiger partial charge in [-0.15, -0.1) is 0 Å². The fourth-order valence-electron chi connectivity index (χ4n) is 4.90. The van der Waals surface area contributed by atoms with Crippen molar-refractivity contribution >= 4 is 29.2 Å². The fourth-order valence-corrected chi connectivity index (χ4v) is 5.07. The number of aryl methyl sites for hydroxylation is 1. The number of nitrogens with zero attached hydrogens (tertiary/aromatic N) is 4. The summed E-state index contributed by atoms with van der Waals surface area (Å²) in [6, 6.07) is 9.72. The minimum atomic E-state index is -0.387. The number of halogens is 1. The largest absolute Gasteiger partial charge is 0.344 e. The molecular weight excluding hydrogens is 436 g/mol. The van der Waals surface area contributed by atoms with E-state index in [0.29, 0.717) is 5.02 Å². The Bertz CT molecular complexity index is 1210. The number of benzene rings is 1. The lowest BCUT2D eigenvalue weighted by molar-refractivity contribution is -0.119. The maximum absolute atomic E-state index is 12.3. The molecule has 1 saturated heterocycles. The Balaban J connectivity index is 1.76. The summed E-state index contributed by atoms with van der Waals surface area (Å²) in [5.41, 5.74) is 6.09. The molecule has 2 unspecified atom stereocenters. The van der Waals surface area contributed by atoms with Crippen LogP contribution in [0.4, 0.5) is 0 Å². The maximum atomic E-state index is 12.3. The molecule has 1 amide bonds. The molecule has 5 rings (SSSR count). The number of hydrogen-bond acceptors (Lipinski definition) is 5. The first-order valence-electron chi connectivity index (χ1n) is 11.2. The Hall–Kier alpha value is -3.00. The molecule has 3 aromatic rings. The zero-order valence-corrected chi connectivity index (χ0v) is 19.5. The lowest BCUT2D eigenvalue weighted by Gasteiger charge is -2.36. The second kappa shape index (κ2) is 9.09. The quantitative estimate of drug-likeness (QED) is 0.622. The predicted octanol–water partition coefficient (Wildman–Crippen LogP) is 3.19. The van der Waals surface area contributed by atoms with E-state index in [1.165, 1.54) is 0 Å². The van der Waals surface area contributed by atoms with Crippen LogP contribution in [0, 0.1) is 0 Å². The first kappa shape index (κ1) is 21.8. The molecule has 2 aliphatic rings. The van der Waals surface area contributed by atoms with Crippen molar-refractivity contribution in [3.05, 3.63) is 82.2 Å². The Morgan fingerprint density at radius 1 is 1.27 bits per heavy atom. The SMILES string of the molecule is CC(=O)NC(C1=Cc2cccnc2C(N2CCNCC2)c2ccc(Cl)cc21)c1cncn1C. The van der Waals surface area contributed by atoms with E-state index < -0.39 is 0 Å². The molecule has 3 heterocycles. The summed E-state index contributed by atoms with van der Waals surface area (Å²) in [6.45, 7) is 5.26. The molecule has 7 nitrogen and oxygen atoms in total. The van der Waals surface area contributed by atoms with Gasteiger partial charge < -0.3 is 15.2 Å². The Labute approximate surface area is 198 Å². The van der Waals surface area contributed by atoms with Crippen LogP contribution in [0.5, 0.6) is 0 Å². The van der Waals surface area contributed by atoms with Crippen LogP contribution in [0.3, 0.4) is 0 Å². The van der Waals surface area contributed by atoms with E-state index in [0.717, 1.165) is 59.8 Å². The number of aromatic nitrogens is 3. The third-order valence-electron chi connectivity index (χ3n) is 6.39. The first-order valence-corrected chi connectivity index (χ1v) is 11.5. The molecule has 2 atom stereocenters. The van der Waals surface area contributed by atoms with Crippen LogP contribution in [0.25, 0.3) is 11.6 Å². The highest BCUT2D eigenvalue weighted by Gasteiger charge is 2.34. The molecule has 1 aliphatic carbocycles. The molecule has 170 valence electrons. The monoisotopic (exact) mass is 462 g/mol. The number of carbonyl (C=O) groups excluding carboxylic acids is 1. The lowest BCUT2D eigenvalue weighted by Crippen LogP contribution is -2.45. The summed E-state index contributed by atoms with van der Waals surface area (Å²) in [6.07, 6.45) is 7.55. The highest BCUT2D eigenvalue weighted by molar-refractivity contribution is 6.30. The van der Waals surface area contributed by atoms with Gasteiger partial charge in [-0.05, 0) is 46.5 Å². The average Bonchev–Trinajstić information content (AvgIpc) is 3.18. The molecule has 0 radical (unpaired) electrons. The zero-order chi connectivity index (χ0) is 22.9. The molecule has 0 bridgehead atoms. The molecular formula is C25H27ClN6O. The van der Waals surface area contributed by atoms with Crippen LogP contribution in [-0.4, -0.2) is 51.5 Å². The third-order valence-corrected chi connectivity index (χ3v) is 6.62. The number of pyridine rings is 1. The molecule has 0 spiro atoms. The maximum Gasteiger partial charge on any atom is 0.217 e. The molecule has 2 aromatic heterocycles. The molecule has 8 heteroatoms. The van der Waals surface area contributed by atoms with Gasteiger partial charge in [-0.2, -0.15) is 0 Å². The highest BCUT2D eigenvalue weighted by atomic mass is 35.5. The van der Waals surface area contributed by atoms with Gasteiger partial charge in [-0.25, -0.2) is 4.98 Å². The van der Waals surface area contributed by atoms with E-state index in [9.17, 15) is 4.79 Å². The van der Waals surface area contributed by atoms with Gasteiger partial charge in [0.2, 0.25) is 5.91 Å². The summed E-state index contributed by atoms with van der Waals surface area (Å²) in [5.74, 6) is -0.111. The third kappa shape index (κ3) is 4.19. The molecule has 1 aliphatic heterocycles. The molecule has 1 fully saturated rings. The van der Waals surface area contributed by atoms with Gasteiger partial charge in [0.05, 0.1) is 36.0 Å². The van der Waals surface area contributed by atoms with Crippen molar-refractivity contribution < 1.29 is 4.79 Å². The average molecular weight is 463 g/mol. The topological polar surface area (TPSA) is 75.1 Å². The smallest absolute Gasteiger partial charge is 0.217 e. The standard InChI is InChI=1S/C25H27ClN6O/c1-16(33)30-24(22-14-28-15-31(22)2)21-12-17-4-3-7-29-23(17)25(32-10-8-27-9-11-32)19-6-5-18(26)13-20(19)21/h3-7,12-15,24-25,27H,8-11H2,1-2H3,(H,30,33). The minimum Gasteiger partial charge on any atom is -0.344 e. The number of rotatable bonds is 4. The summed E-state index contributed by atoms with van der Waals surface area (Å²) in [7, 11) is 1.94. The van der Waals surface area contributed by atoms with Gasteiger partial charge in [0, 0.05) is 51.4 Å². The van der Waals surface area contributed by atoms with Gasteiger partial charge in [0.25, 0.3) is 0 Å². The van der Waals surface area contributed by atoms with E-state index in [4.69, 9.17) is 16.6 Å². The summed E-state index contributed by atoms with van der Waals surface area (Å²) in [5, 5.41) is 7.25. The van der Waals surface area contributed by atoms with Gasteiger partial charge in [0.1, 0.15) is 0 Å². The fraction of sp³-hybridized carbons (Fsp3) is 0.320. The second-order valence-electron chi connectivity index (χ2n) is 8.56. The molecule has 1 aromatic carbocycles. The van der Waals surface area contributed by atoms with Gasteiger partial charge >= 0.3 is 0 Å². The summed E-state index contributed by atoms with van der Waals surface area (Å²) in [4.78, 5) is 23.9. The van der Waals surface area contributed by atoms with Crippen molar-refractivity contribution in [2.75, 3.05) is 26.2 Å². The van der Waals surface area contributed by atoms with Crippen LogP contribution in [0.2, 0.25) is 5.02 Å². The predicted molar refractivity (Wildman–Crippen MR) is 130 cm³/mol. The van der Waals surface area contributed by atoms with Gasteiger partial charge in [-0.1, -0.05) is 23.7 Å². The highest BCUT2D eigenvalue weighted by Crippen LogP contribution is 2.44. The summed E-state index contributed by atoms with van der Waals surface area (Å²) < 4.78 is 1.94. The van der Waals surface area contributed by atoms with Crippen molar-refractivity contribution in [3.63, 3.8) is 0 Å². The van der Waals surface area contributed by atoms with Crippen LogP contribution < -0.4 is 10.6 Å². The Morgan fingerprint density at radius 3 is 2.82 bits per heavy atom. The number of piperazine rings is 1. The van der Waals surface area contributed by atoms with E-state index >= 15 is 0 Å².